The maximum atomic E-state index is 12.9. The van der Waals surface area contributed by atoms with Crippen LogP contribution in [0.15, 0.2) is 30.6 Å². The summed E-state index contributed by atoms with van der Waals surface area (Å²) >= 11 is 1.17. The van der Waals surface area contributed by atoms with Gasteiger partial charge in [-0.25, -0.2) is 14.8 Å². The summed E-state index contributed by atoms with van der Waals surface area (Å²) in [6, 6.07) is 3.92. The van der Waals surface area contributed by atoms with Crippen molar-refractivity contribution in [3.05, 3.63) is 36.2 Å². The minimum Gasteiger partial charge on any atom is -0.385 e. The number of methoxy groups -OCH3 is 1. The van der Waals surface area contributed by atoms with Crippen LogP contribution in [0.1, 0.15) is 12.0 Å². The maximum absolute atomic E-state index is 12.9. The molecule has 0 aliphatic carbocycles. The summed E-state index contributed by atoms with van der Waals surface area (Å²) in [7, 11) is 3.17. The summed E-state index contributed by atoms with van der Waals surface area (Å²) in [5.74, 6) is 0. The normalized spacial score (nSPS) is 11.6. The summed E-state index contributed by atoms with van der Waals surface area (Å²) in [5.41, 5.74) is 0.304. The SMILES string of the molecule is COCCCNC(=O)N(C)c1nc2ccc(-c3cncc(C(F)(F)F)c3)nc2s1. The number of carbonyl (C=O) groups is 1. The molecule has 154 valence electrons. The molecule has 29 heavy (non-hydrogen) atoms. The van der Waals surface area contributed by atoms with Gasteiger partial charge in [-0.3, -0.25) is 9.88 Å². The van der Waals surface area contributed by atoms with E-state index in [1.807, 2.05) is 0 Å². The van der Waals surface area contributed by atoms with Gasteiger partial charge in [0, 0.05) is 45.3 Å². The first-order chi connectivity index (χ1) is 13.8. The lowest BCUT2D eigenvalue weighted by Crippen LogP contribution is -2.37. The van der Waals surface area contributed by atoms with Crippen molar-refractivity contribution in [1.82, 2.24) is 20.3 Å². The van der Waals surface area contributed by atoms with E-state index in [1.54, 1.807) is 26.3 Å². The lowest BCUT2D eigenvalue weighted by atomic mass is 10.1. The molecule has 3 heterocycles. The topological polar surface area (TPSA) is 80.2 Å². The lowest BCUT2D eigenvalue weighted by Gasteiger charge is -2.14. The number of pyridine rings is 2. The highest BCUT2D eigenvalue weighted by Gasteiger charge is 2.31. The minimum absolute atomic E-state index is 0.251. The van der Waals surface area contributed by atoms with Crippen molar-refractivity contribution >= 4 is 32.8 Å². The number of alkyl halides is 3. The average molecular weight is 425 g/mol. The maximum Gasteiger partial charge on any atom is 0.417 e. The molecule has 1 N–H and O–H groups in total. The average Bonchev–Trinajstić information content (AvgIpc) is 3.13. The van der Waals surface area contributed by atoms with Gasteiger partial charge in [-0.05, 0) is 24.6 Å². The van der Waals surface area contributed by atoms with Gasteiger partial charge >= 0.3 is 12.2 Å². The molecule has 0 radical (unpaired) electrons. The van der Waals surface area contributed by atoms with Gasteiger partial charge in [-0.15, -0.1) is 0 Å². The number of carbonyl (C=O) groups excluding carboxylic acids is 1. The first kappa shape index (κ1) is 20.9. The number of hydrogen-bond donors (Lipinski definition) is 1. The third-order valence-electron chi connectivity index (χ3n) is 4.00. The number of amides is 2. The third-order valence-corrected chi connectivity index (χ3v) is 5.04. The van der Waals surface area contributed by atoms with Gasteiger partial charge in [0.15, 0.2) is 5.13 Å². The van der Waals surface area contributed by atoms with E-state index < -0.39 is 11.7 Å². The molecule has 2 amide bonds. The molecule has 0 aromatic carbocycles. The molecule has 7 nitrogen and oxygen atoms in total. The Bertz CT molecular complexity index is 1010. The molecule has 0 atom stereocenters. The highest BCUT2D eigenvalue weighted by atomic mass is 32.1. The van der Waals surface area contributed by atoms with Gasteiger partial charge in [-0.1, -0.05) is 11.3 Å². The Balaban J connectivity index is 1.81. The first-order valence-corrected chi connectivity index (χ1v) is 9.42. The molecule has 0 unspecified atom stereocenters. The molecule has 0 saturated heterocycles. The van der Waals surface area contributed by atoms with Gasteiger partial charge in [0.25, 0.3) is 0 Å². The molecule has 11 heteroatoms. The zero-order valence-electron chi connectivity index (χ0n) is 15.7. The summed E-state index contributed by atoms with van der Waals surface area (Å²) in [6.45, 7) is 1.01. The Hall–Kier alpha value is -2.79. The number of fused-ring (bicyclic) bond motifs is 1. The molecule has 0 aliphatic rings. The van der Waals surface area contributed by atoms with E-state index in [2.05, 4.69) is 20.3 Å². The van der Waals surface area contributed by atoms with Crippen LogP contribution in [0.5, 0.6) is 0 Å². The number of thiazole rings is 1. The van der Waals surface area contributed by atoms with Gasteiger partial charge in [0.2, 0.25) is 0 Å². The first-order valence-electron chi connectivity index (χ1n) is 8.60. The van der Waals surface area contributed by atoms with Gasteiger partial charge < -0.3 is 10.1 Å². The largest absolute Gasteiger partial charge is 0.417 e. The van der Waals surface area contributed by atoms with Crippen molar-refractivity contribution in [3.63, 3.8) is 0 Å². The Labute approximate surface area is 168 Å². The van der Waals surface area contributed by atoms with Crippen molar-refractivity contribution < 1.29 is 22.7 Å². The van der Waals surface area contributed by atoms with E-state index in [1.165, 1.54) is 22.4 Å². The van der Waals surface area contributed by atoms with Crippen molar-refractivity contribution in [2.24, 2.45) is 0 Å². The molecule has 0 spiro atoms. The van der Waals surface area contributed by atoms with Crippen LogP contribution in [0.3, 0.4) is 0 Å². The van der Waals surface area contributed by atoms with Crippen molar-refractivity contribution in [2.45, 2.75) is 12.6 Å². The number of hydrogen-bond acceptors (Lipinski definition) is 6. The van der Waals surface area contributed by atoms with Crippen molar-refractivity contribution in [1.29, 1.82) is 0 Å². The second-order valence-corrected chi connectivity index (χ2v) is 7.07. The van der Waals surface area contributed by atoms with Crippen LogP contribution in [0, 0.1) is 0 Å². The number of ether oxygens (including phenoxy) is 1. The van der Waals surface area contributed by atoms with Crippen molar-refractivity contribution in [3.8, 4) is 11.3 Å². The fourth-order valence-corrected chi connectivity index (χ4v) is 3.36. The highest BCUT2D eigenvalue weighted by Crippen LogP contribution is 2.32. The van der Waals surface area contributed by atoms with E-state index >= 15 is 0 Å². The summed E-state index contributed by atoms with van der Waals surface area (Å²) in [4.78, 5) is 26.5. The fourth-order valence-electron chi connectivity index (χ4n) is 2.46. The number of halogens is 3. The molecule has 3 aromatic heterocycles. The Morgan fingerprint density at radius 3 is 2.79 bits per heavy atom. The number of nitrogens with one attached hydrogen (secondary N) is 1. The molecule has 0 saturated carbocycles. The van der Waals surface area contributed by atoms with Crippen molar-refractivity contribution in [2.75, 3.05) is 32.2 Å². The van der Waals surface area contributed by atoms with Crippen LogP contribution < -0.4 is 10.2 Å². The fraction of sp³-hybridized carbons (Fsp3) is 0.333. The zero-order valence-corrected chi connectivity index (χ0v) is 16.5. The van der Waals surface area contributed by atoms with Crippen LogP contribution in [-0.4, -0.2) is 48.3 Å². The van der Waals surface area contributed by atoms with E-state index in [0.29, 0.717) is 40.7 Å². The standard InChI is InChI=1S/C18H18F3N5O2S/c1-26(16(27)23-6-3-7-28-2)17-25-14-5-4-13(24-15(14)29-17)11-8-12(10-22-9-11)18(19,20)21/h4-5,8-10H,3,6-7H2,1-2H3,(H,23,27). The smallest absolute Gasteiger partial charge is 0.385 e. The quantitative estimate of drug-likeness (QED) is 0.605. The predicted octanol–water partition coefficient (Wildman–Crippen LogP) is 3.95. The number of rotatable bonds is 6. The molecular weight excluding hydrogens is 407 g/mol. The van der Waals surface area contributed by atoms with E-state index in [9.17, 15) is 18.0 Å². The summed E-state index contributed by atoms with van der Waals surface area (Å²) in [6.07, 6.45) is -1.70. The molecule has 3 aromatic rings. The molecule has 0 bridgehead atoms. The Morgan fingerprint density at radius 1 is 1.28 bits per heavy atom. The molecular formula is C18H18F3N5O2S. The lowest BCUT2D eigenvalue weighted by molar-refractivity contribution is -0.137. The third kappa shape index (κ3) is 4.98. The van der Waals surface area contributed by atoms with E-state index in [4.69, 9.17) is 4.74 Å². The van der Waals surface area contributed by atoms with E-state index in [-0.39, 0.29) is 11.6 Å². The van der Waals surface area contributed by atoms with E-state index in [0.717, 1.165) is 12.3 Å². The molecule has 3 rings (SSSR count). The summed E-state index contributed by atoms with van der Waals surface area (Å²) < 4.78 is 43.7. The second kappa shape index (κ2) is 8.70. The number of aromatic nitrogens is 3. The number of nitrogens with zero attached hydrogens (tertiary/aromatic N) is 4. The van der Waals surface area contributed by atoms with Gasteiger partial charge in [0.1, 0.15) is 10.3 Å². The van der Waals surface area contributed by atoms with Gasteiger partial charge in [0.05, 0.1) is 11.3 Å². The number of anilines is 1. The Morgan fingerprint density at radius 2 is 2.07 bits per heavy atom. The Kier molecular flexibility index (Phi) is 6.28. The molecule has 0 fully saturated rings. The monoisotopic (exact) mass is 425 g/mol. The highest BCUT2D eigenvalue weighted by molar-refractivity contribution is 7.22. The van der Waals surface area contributed by atoms with Crippen LogP contribution in [0.25, 0.3) is 21.6 Å². The predicted molar refractivity (Wildman–Crippen MR) is 104 cm³/mol. The van der Waals surface area contributed by atoms with Gasteiger partial charge in [-0.2, -0.15) is 13.2 Å². The second-order valence-electron chi connectivity index (χ2n) is 6.11. The zero-order chi connectivity index (χ0) is 21.0. The van der Waals surface area contributed by atoms with Crippen LogP contribution in [-0.2, 0) is 10.9 Å². The number of urea groups is 1. The van der Waals surface area contributed by atoms with Crippen LogP contribution in [0.4, 0.5) is 23.1 Å². The molecule has 0 aliphatic heterocycles. The van der Waals surface area contributed by atoms with Crippen LogP contribution >= 0.6 is 11.3 Å². The minimum atomic E-state index is -4.48. The summed E-state index contributed by atoms with van der Waals surface area (Å²) in [5, 5.41) is 3.18. The van der Waals surface area contributed by atoms with Crippen LogP contribution in [0.2, 0.25) is 0 Å².